The van der Waals surface area contributed by atoms with Crippen molar-refractivity contribution in [3.63, 3.8) is 0 Å². The molecule has 0 aliphatic heterocycles. The number of halogens is 6. The van der Waals surface area contributed by atoms with Crippen LogP contribution in [-0.4, -0.2) is 56.2 Å². The molecule has 0 unspecified atom stereocenters. The first kappa shape index (κ1) is 23.0. The first-order valence-corrected chi connectivity index (χ1v) is 8.76. The number of rotatable bonds is 7. The van der Waals surface area contributed by atoms with Gasteiger partial charge in [-0.2, -0.15) is 34.8 Å². The standard InChI is InChI=1S/C14H15F6NO5S/c1-21(10-5-3-2-4-6-10)8-7-11(22)26-12(13(15,16)17,14(18,19)20)9-27(23,24)25/h2-6H,7-9H2,1H3,(H,23,24,25). The third-order valence-electron chi connectivity index (χ3n) is 3.44. The molecule has 0 bridgehead atoms. The van der Waals surface area contributed by atoms with Gasteiger partial charge in [0.05, 0.1) is 6.42 Å². The highest BCUT2D eigenvalue weighted by Crippen LogP contribution is 2.47. The van der Waals surface area contributed by atoms with Gasteiger partial charge in [0.1, 0.15) is 5.75 Å². The molecule has 0 atom stereocenters. The number of anilines is 1. The molecule has 0 fully saturated rings. The smallest absolute Gasteiger partial charge is 0.438 e. The summed E-state index contributed by atoms with van der Waals surface area (Å²) in [5.41, 5.74) is -4.85. The van der Waals surface area contributed by atoms with E-state index in [0.717, 1.165) is 0 Å². The molecule has 0 heterocycles. The Hall–Kier alpha value is -2.02. The summed E-state index contributed by atoms with van der Waals surface area (Å²) in [6.07, 6.45) is -13.6. The maximum Gasteiger partial charge on any atom is 0.438 e. The van der Waals surface area contributed by atoms with Crippen LogP contribution >= 0.6 is 0 Å². The average Bonchev–Trinajstić information content (AvgIpc) is 2.49. The molecule has 0 amide bonds. The van der Waals surface area contributed by atoms with E-state index in [-0.39, 0.29) is 6.54 Å². The van der Waals surface area contributed by atoms with Crippen LogP contribution in [-0.2, 0) is 19.6 Å². The highest BCUT2D eigenvalue weighted by Gasteiger charge is 2.75. The molecule has 0 aliphatic rings. The minimum Gasteiger partial charge on any atom is -0.438 e. The summed E-state index contributed by atoms with van der Waals surface area (Å²) >= 11 is 0. The summed E-state index contributed by atoms with van der Waals surface area (Å²) in [7, 11) is -4.36. The molecule has 0 saturated carbocycles. The first-order valence-electron chi connectivity index (χ1n) is 7.16. The van der Waals surface area contributed by atoms with E-state index in [4.69, 9.17) is 4.55 Å². The molecule has 6 nitrogen and oxygen atoms in total. The third-order valence-corrected chi connectivity index (χ3v) is 4.21. The summed E-state index contributed by atoms with van der Waals surface area (Å²) < 4.78 is 112. The molecule has 1 aromatic carbocycles. The summed E-state index contributed by atoms with van der Waals surface area (Å²) in [5.74, 6) is -4.83. The van der Waals surface area contributed by atoms with Gasteiger partial charge in [0.25, 0.3) is 10.1 Å². The van der Waals surface area contributed by atoms with Crippen molar-refractivity contribution in [3.05, 3.63) is 30.3 Å². The van der Waals surface area contributed by atoms with Gasteiger partial charge in [0.15, 0.2) is 0 Å². The molecule has 0 saturated heterocycles. The number of alkyl halides is 6. The second-order valence-electron chi connectivity index (χ2n) is 5.53. The van der Waals surface area contributed by atoms with Gasteiger partial charge < -0.3 is 9.64 Å². The highest BCUT2D eigenvalue weighted by atomic mass is 32.2. The quantitative estimate of drug-likeness (QED) is 0.413. The van der Waals surface area contributed by atoms with Gasteiger partial charge in [-0.15, -0.1) is 0 Å². The predicted molar refractivity (Wildman–Crippen MR) is 81.7 cm³/mol. The van der Waals surface area contributed by atoms with Crippen molar-refractivity contribution in [1.82, 2.24) is 0 Å². The van der Waals surface area contributed by atoms with Crippen molar-refractivity contribution in [3.8, 4) is 0 Å². The lowest BCUT2D eigenvalue weighted by Crippen LogP contribution is -2.63. The van der Waals surface area contributed by atoms with Crippen molar-refractivity contribution in [1.29, 1.82) is 0 Å². The van der Waals surface area contributed by atoms with Crippen LogP contribution in [0.15, 0.2) is 30.3 Å². The number of hydrogen-bond acceptors (Lipinski definition) is 5. The van der Waals surface area contributed by atoms with Gasteiger partial charge in [0.2, 0.25) is 0 Å². The maximum atomic E-state index is 13.0. The third kappa shape index (κ3) is 5.99. The second-order valence-corrected chi connectivity index (χ2v) is 6.98. The summed E-state index contributed by atoms with van der Waals surface area (Å²) in [6, 6.07) is 8.07. The Bertz CT molecular complexity index is 734. The zero-order valence-electron chi connectivity index (χ0n) is 13.7. The van der Waals surface area contributed by atoms with Crippen molar-refractivity contribution in [2.45, 2.75) is 24.4 Å². The molecule has 0 spiro atoms. The fourth-order valence-electron chi connectivity index (χ4n) is 2.04. The lowest BCUT2D eigenvalue weighted by Gasteiger charge is -2.35. The van der Waals surface area contributed by atoms with Crippen LogP contribution in [0.25, 0.3) is 0 Å². The number of ether oxygens (including phenoxy) is 1. The van der Waals surface area contributed by atoms with Crippen molar-refractivity contribution in [2.24, 2.45) is 0 Å². The molecule has 27 heavy (non-hydrogen) atoms. The fraction of sp³-hybridized carbons (Fsp3) is 0.500. The van der Waals surface area contributed by atoms with Crippen LogP contribution in [0.3, 0.4) is 0 Å². The van der Waals surface area contributed by atoms with Gasteiger partial charge in [-0.3, -0.25) is 9.35 Å². The normalized spacial score (nSPS) is 13.3. The average molecular weight is 423 g/mol. The Kier molecular flexibility index (Phi) is 6.75. The monoisotopic (exact) mass is 423 g/mol. The summed E-state index contributed by atoms with van der Waals surface area (Å²) in [4.78, 5) is 13.0. The number of benzene rings is 1. The maximum absolute atomic E-state index is 13.0. The van der Waals surface area contributed by atoms with Gasteiger partial charge in [-0.25, -0.2) is 0 Å². The fourth-order valence-corrected chi connectivity index (χ4v) is 2.94. The van der Waals surface area contributed by atoms with E-state index in [9.17, 15) is 39.6 Å². The van der Waals surface area contributed by atoms with Crippen LogP contribution in [0.4, 0.5) is 32.0 Å². The van der Waals surface area contributed by atoms with Crippen LogP contribution < -0.4 is 4.90 Å². The number of carbonyl (C=O) groups is 1. The Morgan fingerprint density at radius 1 is 1.07 bits per heavy atom. The summed E-state index contributed by atoms with van der Waals surface area (Å²) in [5, 5.41) is 0. The molecule has 1 rings (SSSR count). The Balaban J connectivity index is 3.03. The van der Waals surface area contributed by atoms with E-state index < -0.39 is 46.2 Å². The molecule has 1 aromatic rings. The van der Waals surface area contributed by atoms with E-state index >= 15 is 0 Å². The lowest BCUT2D eigenvalue weighted by atomic mass is 10.1. The van der Waals surface area contributed by atoms with Crippen molar-refractivity contribution >= 4 is 21.8 Å². The summed E-state index contributed by atoms with van der Waals surface area (Å²) in [6.45, 7) is -0.305. The molecule has 13 heteroatoms. The van der Waals surface area contributed by atoms with E-state index in [1.807, 2.05) is 0 Å². The van der Waals surface area contributed by atoms with Gasteiger partial charge in [-0.1, -0.05) is 18.2 Å². The zero-order valence-corrected chi connectivity index (χ0v) is 14.5. The largest absolute Gasteiger partial charge is 0.438 e. The van der Waals surface area contributed by atoms with Crippen LogP contribution in [0, 0.1) is 0 Å². The van der Waals surface area contributed by atoms with Crippen LogP contribution in [0.2, 0.25) is 0 Å². The van der Waals surface area contributed by atoms with Crippen LogP contribution in [0.1, 0.15) is 6.42 Å². The SMILES string of the molecule is CN(CCC(=O)OC(CS(=O)(=O)O)(C(F)(F)F)C(F)(F)F)c1ccccc1. The van der Waals surface area contributed by atoms with E-state index in [1.165, 1.54) is 11.9 Å². The zero-order chi connectivity index (χ0) is 21.1. The molecule has 1 N–H and O–H groups in total. The first-order chi connectivity index (χ1) is 12.1. The van der Waals surface area contributed by atoms with Gasteiger partial charge >= 0.3 is 23.9 Å². The van der Waals surface area contributed by atoms with Gasteiger partial charge in [0, 0.05) is 19.3 Å². The van der Waals surface area contributed by atoms with Crippen molar-refractivity contribution in [2.75, 3.05) is 24.2 Å². The van der Waals surface area contributed by atoms with E-state index in [0.29, 0.717) is 5.69 Å². The highest BCUT2D eigenvalue weighted by molar-refractivity contribution is 7.85. The van der Waals surface area contributed by atoms with Gasteiger partial charge in [-0.05, 0) is 12.1 Å². The van der Waals surface area contributed by atoms with E-state index in [1.54, 1.807) is 30.3 Å². The minimum absolute atomic E-state index is 0.305. The number of esters is 1. The molecular weight excluding hydrogens is 408 g/mol. The minimum atomic E-state index is -6.33. The van der Waals surface area contributed by atoms with E-state index in [2.05, 4.69) is 4.74 Å². The molecule has 0 aromatic heterocycles. The Morgan fingerprint density at radius 2 is 1.56 bits per heavy atom. The lowest BCUT2D eigenvalue weighted by molar-refractivity contribution is -0.361. The molecular formula is C14H15F6NO5S. The van der Waals surface area contributed by atoms with Crippen LogP contribution in [0.5, 0.6) is 0 Å². The number of carbonyl (C=O) groups excluding carboxylic acids is 1. The molecule has 154 valence electrons. The van der Waals surface area contributed by atoms with Crippen molar-refractivity contribution < 1.29 is 48.8 Å². The Labute approximate surface area is 150 Å². The second kappa shape index (κ2) is 7.92. The number of nitrogens with zero attached hydrogens (tertiary/aromatic N) is 1. The predicted octanol–water partition coefficient (Wildman–Crippen LogP) is 2.81. The molecule has 0 radical (unpaired) electrons. The number of hydrogen-bond donors (Lipinski definition) is 1. The number of para-hydroxylation sites is 1. The molecule has 0 aliphatic carbocycles. The topological polar surface area (TPSA) is 83.9 Å². The Morgan fingerprint density at radius 3 is 1.96 bits per heavy atom.